The van der Waals surface area contributed by atoms with Crippen LogP contribution in [-0.2, 0) is 20.2 Å². The number of phenolic OH excluding ortho intramolecular Hbond substituents is 1. The summed E-state index contributed by atoms with van der Waals surface area (Å²) >= 11 is 1.24. The molecule has 1 atom stereocenters. The van der Waals surface area contributed by atoms with Crippen LogP contribution in [0.2, 0.25) is 0 Å². The van der Waals surface area contributed by atoms with Gasteiger partial charge in [-0.25, -0.2) is 8.42 Å². The zero-order valence-corrected chi connectivity index (χ0v) is 18.9. The number of benzene rings is 1. The van der Waals surface area contributed by atoms with Gasteiger partial charge in [0.1, 0.15) is 9.96 Å². The Morgan fingerprint density at radius 2 is 1.97 bits per heavy atom. The van der Waals surface area contributed by atoms with E-state index < -0.39 is 15.9 Å². The van der Waals surface area contributed by atoms with Crippen LogP contribution in [0, 0.1) is 12.8 Å². The molecule has 0 aliphatic carbocycles. The first kappa shape index (κ1) is 21.8. The number of thiophene rings is 1. The van der Waals surface area contributed by atoms with Crippen molar-refractivity contribution in [1.82, 2.24) is 4.31 Å². The van der Waals surface area contributed by atoms with Crippen LogP contribution in [0.1, 0.15) is 44.1 Å². The number of carbonyl (C=O) groups excluding carboxylic acids is 1. The van der Waals surface area contributed by atoms with E-state index in [9.17, 15) is 18.3 Å². The highest BCUT2D eigenvalue weighted by atomic mass is 32.2. The van der Waals surface area contributed by atoms with Gasteiger partial charge in [-0.3, -0.25) is 4.79 Å². The minimum Gasteiger partial charge on any atom is -0.506 e. The first-order valence-electron chi connectivity index (χ1n) is 9.69. The first-order valence-corrected chi connectivity index (χ1v) is 11.9. The van der Waals surface area contributed by atoms with Gasteiger partial charge < -0.3 is 10.4 Å². The molecule has 0 saturated carbocycles. The fraction of sp³-hybridized carbons (Fsp3) is 0.476. The molecule has 1 aromatic heterocycles. The molecule has 8 heteroatoms. The van der Waals surface area contributed by atoms with E-state index in [1.807, 2.05) is 13.0 Å². The van der Waals surface area contributed by atoms with Crippen molar-refractivity contribution in [3.8, 4) is 5.75 Å². The predicted octanol–water partition coefficient (Wildman–Crippen LogP) is 4.10. The second-order valence-corrected chi connectivity index (χ2v) is 12.0. The lowest BCUT2D eigenvalue weighted by molar-refractivity contribution is -0.120. The van der Waals surface area contributed by atoms with Gasteiger partial charge in [0, 0.05) is 18.0 Å². The Labute approximate surface area is 176 Å². The lowest BCUT2D eigenvalue weighted by Gasteiger charge is -2.31. The summed E-state index contributed by atoms with van der Waals surface area (Å²) in [6, 6.07) is 8.60. The molecule has 2 aromatic rings. The number of anilines is 1. The van der Waals surface area contributed by atoms with Gasteiger partial charge in [-0.1, -0.05) is 26.8 Å². The molecule has 1 aromatic carbocycles. The van der Waals surface area contributed by atoms with E-state index in [1.165, 1.54) is 15.6 Å². The zero-order valence-electron chi connectivity index (χ0n) is 17.2. The average molecular weight is 437 g/mol. The first-order chi connectivity index (χ1) is 13.5. The highest BCUT2D eigenvalue weighted by molar-refractivity contribution is 7.91. The van der Waals surface area contributed by atoms with Crippen LogP contribution in [0.15, 0.2) is 34.5 Å². The Balaban J connectivity index is 1.75. The molecule has 0 radical (unpaired) electrons. The molecule has 0 spiro atoms. The predicted molar refractivity (Wildman–Crippen MR) is 116 cm³/mol. The van der Waals surface area contributed by atoms with E-state index in [1.54, 1.807) is 24.3 Å². The van der Waals surface area contributed by atoms with Crippen LogP contribution in [0.5, 0.6) is 5.75 Å². The smallest absolute Gasteiger partial charge is 0.252 e. The second kappa shape index (κ2) is 8.08. The SMILES string of the molecule is Cc1ccc(S(=O)(=O)N2CCC[C@@H](C(=O)Nc3cc(C(C)(C)C)ccc3O)C2)s1. The highest BCUT2D eigenvalue weighted by Crippen LogP contribution is 2.32. The van der Waals surface area contributed by atoms with Gasteiger partial charge >= 0.3 is 0 Å². The summed E-state index contributed by atoms with van der Waals surface area (Å²) in [6.45, 7) is 8.59. The lowest BCUT2D eigenvalue weighted by atomic mass is 9.86. The van der Waals surface area contributed by atoms with Crippen molar-refractivity contribution in [2.45, 2.75) is 50.2 Å². The third-order valence-electron chi connectivity index (χ3n) is 5.19. The van der Waals surface area contributed by atoms with E-state index in [4.69, 9.17) is 0 Å². The van der Waals surface area contributed by atoms with Crippen LogP contribution < -0.4 is 5.32 Å². The number of nitrogens with one attached hydrogen (secondary N) is 1. The van der Waals surface area contributed by atoms with Crippen LogP contribution >= 0.6 is 11.3 Å². The maximum Gasteiger partial charge on any atom is 0.252 e. The van der Waals surface area contributed by atoms with Crippen molar-refractivity contribution in [2.75, 3.05) is 18.4 Å². The summed E-state index contributed by atoms with van der Waals surface area (Å²) in [6.07, 6.45) is 1.23. The molecule has 1 aliphatic rings. The maximum atomic E-state index is 12.9. The number of hydrogen-bond donors (Lipinski definition) is 2. The van der Waals surface area contributed by atoms with Gasteiger partial charge in [-0.05, 0) is 55.0 Å². The van der Waals surface area contributed by atoms with Crippen molar-refractivity contribution >= 4 is 33.0 Å². The van der Waals surface area contributed by atoms with E-state index in [2.05, 4.69) is 26.1 Å². The number of nitrogens with zero attached hydrogens (tertiary/aromatic N) is 1. The third-order valence-corrected chi connectivity index (χ3v) is 8.52. The Kier molecular flexibility index (Phi) is 6.08. The van der Waals surface area contributed by atoms with Crippen LogP contribution in [0.25, 0.3) is 0 Å². The largest absolute Gasteiger partial charge is 0.506 e. The fourth-order valence-electron chi connectivity index (χ4n) is 3.39. The van der Waals surface area contributed by atoms with Gasteiger partial charge in [0.25, 0.3) is 10.0 Å². The van der Waals surface area contributed by atoms with Crippen molar-refractivity contribution in [3.63, 3.8) is 0 Å². The third kappa shape index (κ3) is 4.82. The summed E-state index contributed by atoms with van der Waals surface area (Å²) in [5.74, 6) is -0.730. The molecule has 158 valence electrons. The average Bonchev–Trinajstić information content (AvgIpc) is 3.10. The Bertz CT molecular complexity index is 1010. The second-order valence-electron chi connectivity index (χ2n) is 8.54. The summed E-state index contributed by atoms with van der Waals surface area (Å²) in [5, 5.41) is 13.0. The molecule has 2 heterocycles. The molecule has 1 saturated heterocycles. The number of amides is 1. The summed E-state index contributed by atoms with van der Waals surface area (Å²) in [5.41, 5.74) is 1.23. The van der Waals surface area contributed by atoms with E-state index >= 15 is 0 Å². The Morgan fingerprint density at radius 3 is 2.59 bits per heavy atom. The number of sulfonamides is 1. The molecule has 29 heavy (non-hydrogen) atoms. The van der Waals surface area contributed by atoms with Gasteiger partial charge in [0.2, 0.25) is 5.91 Å². The molecule has 0 unspecified atom stereocenters. The summed E-state index contributed by atoms with van der Waals surface area (Å²) in [7, 11) is -3.59. The van der Waals surface area contributed by atoms with Crippen LogP contribution in [0.4, 0.5) is 5.69 Å². The number of hydrogen-bond acceptors (Lipinski definition) is 5. The van der Waals surface area contributed by atoms with Gasteiger partial charge in [-0.15, -0.1) is 11.3 Å². The minimum absolute atomic E-state index is 0.000646. The topological polar surface area (TPSA) is 86.7 Å². The molecule has 3 rings (SSSR count). The quantitative estimate of drug-likeness (QED) is 0.707. The molecule has 1 fully saturated rings. The van der Waals surface area contributed by atoms with Gasteiger partial charge in [-0.2, -0.15) is 4.31 Å². The number of aryl methyl sites for hydroxylation is 1. The highest BCUT2D eigenvalue weighted by Gasteiger charge is 2.34. The van der Waals surface area contributed by atoms with Gasteiger partial charge in [0.15, 0.2) is 0 Å². The number of piperidine rings is 1. The molecule has 6 nitrogen and oxygen atoms in total. The molecular weight excluding hydrogens is 408 g/mol. The number of aromatic hydroxyl groups is 1. The van der Waals surface area contributed by atoms with Crippen molar-refractivity contribution < 1.29 is 18.3 Å². The monoisotopic (exact) mass is 436 g/mol. The van der Waals surface area contributed by atoms with Gasteiger partial charge in [0.05, 0.1) is 11.6 Å². The standard InChI is InChI=1S/C21H28N2O4S2/c1-14-7-10-19(28-14)29(26,27)23-11-5-6-15(13-23)20(25)22-17-12-16(21(2,3)4)8-9-18(17)24/h7-10,12,15,24H,5-6,11,13H2,1-4H3,(H,22,25)/t15-/m1/s1. The number of phenols is 1. The summed E-state index contributed by atoms with van der Waals surface area (Å²) in [4.78, 5) is 13.8. The van der Waals surface area contributed by atoms with Crippen molar-refractivity contribution in [1.29, 1.82) is 0 Å². The zero-order chi connectivity index (χ0) is 21.4. The lowest BCUT2D eigenvalue weighted by Crippen LogP contribution is -2.43. The van der Waals surface area contributed by atoms with Crippen molar-refractivity contribution in [2.24, 2.45) is 5.92 Å². The minimum atomic E-state index is -3.59. The molecule has 1 amide bonds. The summed E-state index contributed by atoms with van der Waals surface area (Å²) < 4.78 is 27.5. The molecule has 0 bridgehead atoms. The molecular formula is C21H28N2O4S2. The van der Waals surface area contributed by atoms with E-state index in [0.717, 1.165) is 10.4 Å². The molecule has 1 aliphatic heterocycles. The normalized spacial score (nSPS) is 18.6. The molecule has 2 N–H and O–H groups in total. The van der Waals surface area contributed by atoms with Crippen molar-refractivity contribution in [3.05, 3.63) is 40.8 Å². The Hall–Kier alpha value is -1.90. The maximum absolute atomic E-state index is 12.9. The van der Waals surface area contributed by atoms with E-state index in [0.29, 0.717) is 29.3 Å². The number of carbonyl (C=O) groups is 1. The Morgan fingerprint density at radius 1 is 1.24 bits per heavy atom. The van der Waals surface area contributed by atoms with Crippen LogP contribution in [-0.4, -0.2) is 36.8 Å². The van der Waals surface area contributed by atoms with E-state index in [-0.39, 0.29) is 23.6 Å². The fourth-order valence-corrected chi connectivity index (χ4v) is 6.35. The number of rotatable bonds is 4. The van der Waals surface area contributed by atoms with Crippen LogP contribution in [0.3, 0.4) is 0 Å².